The second-order valence-corrected chi connectivity index (χ2v) is 7.19. The molecular formula is C24H18N2OS. The van der Waals surface area contributed by atoms with Crippen LogP contribution in [0.5, 0.6) is 5.75 Å². The van der Waals surface area contributed by atoms with E-state index in [1.54, 1.807) is 7.11 Å². The molecule has 0 radical (unpaired) electrons. The van der Waals surface area contributed by atoms with Crippen molar-refractivity contribution in [1.29, 1.82) is 0 Å². The molecule has 5 aromatic rings. The fourth-order valence-electron chi connectivity index (χ4n) is 3.80. The number of thiocarbonyl (C=S) groups is 1. The van der Waals surface area contributed by atoms with Crippen molar-refractivity contribution in [3.63, 3.8) is 0 Å². The van der Waals surface area contributed by atoms with Crippen LogP contribution in [0.4, 0.5) is 11.4 Å². The molecule has 0 atom stereocenters. The third-order valence-corrected chi connectivity index (χ3v) is 5.33. The van der Waals surface area contributed by atoms with Crippen LogP contribution in [-0.2, 0) is 0 Å². The van der Waals surface area contributed by atoms with E-state index in [2.05, 4.69) is 65.2 Å². The minimum atomic E-state index is 0.556. The molecular weight excluding hydrogens is 364 g/mol. The molecule has 28 heavy (non-hydrogen) atoms. The summed E-state index contributed by atoms with van der Waals surface area (Å²) in [5, 5.41) is 14.6. The zero-order valence-corrected chi connectivity index (χ0v) is 16.1. The zero-order valence-electron chi connectivity index (χ0n) is 15.3. The first-order valence-electron chi connectivity index (χ1n) is 9.11. The van der Waals surface area contributed by atoms with Gasteiger partial charge < -0.3 is 15.4 Å². The second kappa shape index (κ2) is 6.66. The summed E-state index contributed by atoms with van der Waals surface area (Å²) in [7, 11) is 1.66. The highest BCUT2D eigenvalue weighted by molar-refractivity contribution is 7.80. The van der Waals surface area contributed by atoms with Crippen molar-refractivity contribution >= 4 is 61.0 Å². The average Bonchev–Trinajstić information content (AvgIpc) is 2.73. The SMILES string of the molecule is COc1ccc(NC(=S)Nc2ccc3ccc4cccc5ccc2c3c45)cc1. The number of ether oxygens (including phenoxy) is 1. The van der Waals surface area contributed by atoms with Gasteiger partial charge in [0.15, 0.2) is 5.11 Å². The van der Waals surface area contributed by atoms with E-state index in [0.29, 0.717) is 5.11 Å². The lowest BCUT2D eigenvalue weighted by molar-refractivity contribution is 0.415. The van der Waals surface area contributed by atoms with Crippen LogP contribution in [0.3, 0.4) is 0 Å². The minimum Gasteiger partial charge on any atom is -0.497 e. The van der Waals surface area contributed by atoms with Crippen LogP contribution in [0.2, 0.25) is 0 Å². The normalized spacial score (nSPS) is 11.2. The molecule has 0 bridgehead atoms. The first-order valence-corrected chi connectivity index (χ1v) is 9.52. The monoisotopic (exact) mass is 382 g/mol. The number of rotatable bonds is 3. The molecule has 0 saturated carbocycles. The van der Waals surface area contributed by atoms with Crippen molar-refractivity contribution in [3.05, 3.63) is 78.9 Å². The summed E-state index contributed by atoms with van der Waals surface area (Å²) in [6, 6.07) is 27.1. The molecule has 0 fully saturated rings. The van der Waals surface area contributed by atoms with Gasteiger partial charge in [0.05, 0.1) is 7.11 Å². The third kappa shape index (κ3) is 2.79. The summed E-state index contributed by atoms with van der Waals surface area (Å²) < 4.78 is 5.20. The van der Waals surface area contributed by atoms with E-state index in [0.717, 1.165) is 17.1 Å². The van der Waals surface area contributed by atoms with Crippen molar-refractivity contribution in [3.8, 4) is 5.75 Å². The third-order valence-electron chi connectivity index (χ3n) is 5.12. The van der Waals surface area contributed by atoms with Gasteiger partial charge in [-0.3, -0.25) is 0 Å². The minimum absolute atomic E-state index is 0.556. The Kier molecular flexibility index (Phi) is 3.99. The molecule has 0 heterocycles. The van der Waals surface area contributed by atoms with Crippen LogP contribution in [-0.4, -0.2) is 12.2 Å². The summed E-state index contributed by atoms with van der Waals surface area (Å²) in [6.45, 7) is 0. The lowest BCUT2D eigenvalue weighted by Crippen LogP contribution is -2.19. The van der Waals surface area contributed by atoms with Crippen molar-refractivity contribution < 1.29 is 4.74 Å². The van der Waals surface area contributed by atoms with E-state index >= 15 is 0 Å². The topological polar surface area (TPSA) is 33.3 Å². The van der Waals surface area contributed by atoms with Gasteiger partial charge in [0.2, 0.25) is 0 Å². The summed E-state index contributed by atoms with van der Waals surface area (Å²) >= 11 is 5.54. The molecule has 2 N–H and O–H groups in total. The average molecular weight is 382 g/mol. The van der Waals surface area contributed by atoms with Gasteiger partial charge in [0.1, 0.15) is 5.75 Å². The van der Waals surface area contributed by atoms with Gasteiger partial charge in [-0.15, -0.1) is 0 Å². The molecule has 0 spiro atoms. The smallest absolute Gasteiger partial charge is 0.175 e. The number of benzene rings is 5. The fraction of sp³-hybridized carbons (Fsp3) is 0.0417. The van der Waals surface area contributed by atoms with Gasteiger partial charge in [-0.05, 0) is 69.5 Å². The summed E-state index contributed by atoms with van der Waals surface area (Å²) in [4.78, 5) is 0. The Labute approximate surface area is 168 Å². The van der Waals surface area contributed by atoms with Crippen LogP contribution < -0.4 is 15.4 Å². The van der Waals surface area contributed by atoms with Gasteiger partial charge >= 0.3 is 0 Å². The van der Waals surface area contributed by atoms with Crippen molar-refractivity contribution in [2.45, 2.75) is 0 Å². The van der Waals surface area contributed by atoms with Gasteiger partial charge in [-0.25, -0.2) is 0 Å². The Morgan fingerprint density at radius 3 is 2.07 bits per heavy atom. The van der Waals surface area contributed by atoms with E-state index < -0.39 is 0 Å². The Hall–Kier alpha value is -3.37. The van der Waals surface area contributed by atoms with Crippen molar-refractivity contribution in [2.75, 3.05) is 17.7 Å². The van der Waals surface area contributed by atoms with Crippen LogP contribution in [0.25, 0.3) is 32.3 Å². The first kappa shape index (κ1) is 16.8. The van der Waals surface area contributed by atoms with Gasteiger partial charge in [0, 0.05) is 16.8 Å². The molecule has 0 amide bonds. The zero-order chi connectivity index (χ0) is 19.1. The number of hydrogen-bond acceptors (Lipinski definition) is 2. The number of methoxy groups -OCH3 is 1. The Morgan fingerprint density at radius 2 is 1.36 bits per heavy atom. The van der Waals surface area contributed by atoms with E-state index in [1.165, 1.54) is 32.3 Å². The Balaban J connectivity index is 1.52. The van der Waals surface area contributed by atoms with E-state index in [-0.39, 0.29) is 0 Å². The molecule has 5 rings (SSSR count). The molecule has 0 saturated heterocycles. The lowest BCUT2D eigenvalue weighted by Gasteiger charge is -2.16. The maximum absolute atomic E-state index is 5.54. The van der Waals surface area contributed by atoms with Gasteiger partial charge in [0.25, 0.3) is 0 Å². The van der Waals surface area contributed by atoms with Crippen LogP contribution >= 0.6 is 12.2 Å². The number of hydrogen-bond donors (Lipinski definition) is 2. The van der Waals surface area contributed by atoms with E-state index in [1.807, 2.05) is 24.3 Å². The highest BCUT2D eigenvalue weighted by atomic mass is 32.1. The van der Waals surface area contributed by atoms with E-state index in [9.17, 15) is 0 Å². The van der Waals surface area contributed by atoms with Gasteiger partial charge in [-0.1, -0.05) is 48.5 Å². The van der Waals surface area contributed by atoms with Crippen molar-refractivity contribution in [1.82, 2.24) is 0 Å². The summed E-state index contributed by atoms with van der Waals surface area (Å²) in [5.74, 6) is 0.816. The standard InChI is InChI=1S/C24H18N2OS/c1-27-19-11-9-18(10-12-19)25-24(28)26-21-14-8-17-6-5-15-3-2-4-16-7-13-20(21)23(17)22(15)16/h2-14H,1H3,(H2,25,26,28). The van der Waals surface area contributed by atoms with E-state index in [4.69, 9.17) is 17.0 Å². The highest BCUT2D eigenvalue weighted by Gasteiger charge is 2.11. The molecule has 136 valence electrons. The highest BCUT2D eigenvalue weighted by Crippen LogP contribution is 2.37. The first-order chi connectivity index (χ1) is 13.7. The number of nitrogens with one attached hydrogen (secondary N) is 2. The van der Waals surface area contributed by atoms with Crippen LogP contribution in [0.15, 0.2) is 78.9 Å². The molecule has 0 aliphatic heterocycles. The quantitative estimate of drug-likeness (QED) is 0.279. The van der Waals surface area contributed by atoms with Crippen LogP contribution in [0.1, 0.15) is 0 Å². The predicted molar refractivity (Wildman–Crippen MR) is 123 cm³/mol. The lowest BCUT2D eigenvalue weighted by atomic mass is 9.93. The fourth-order valence-corrected chi connectivity index (χ4v) is 4.03. The molecule has 3 nitrogen and oxygen atoms in total. The summed E-state index contributed by atoms with van der Waals surface area (Å²) in [5.41, 5.74) is 1.91. The summed E-state index contributed by atoms with van der Waals surface area (Å²) in [6.07, 6.45) is 0. The number of anilines is 2. The Bertz CT molecular complexity index is 1300. The molecule has 5 aromatic carbocycles. The predicted octanol–water partition coefficient (Wildman–Crippen LogP) is 6.40. The maximum Gasteiger partial charge on any atom is 0.175 e. The van der Waals surface area contributed by atoms with Crippen molar-refractivity contribution in [2.24, 2.45) is 0 Å². The second-order valence-electron chi connectivity index (χ2n) is 6.78. The maximum atomic E-state index is 5.54. The molecule has 0 aliphatic carbocycles. The molecule has 0 unspecified atom stereocenters. The molecule has 0 aromatic heterocycles. The van der Waals surface area contributed by atoms with Gasteiger partial charge in [-0.2, -0.15) is 0 Å². The molecule has 4 heteroatoms. The molecule has 0 aliphatic rings. The Morgan fingerprint density at radius 1 is 0.714 bits per heavy atom. The van der Waals surface area contributed by atoms with Crippen LogP contribution in [0, 0.1) is 0 Å². The largest absolute Gasteiger partial charge is 0.497 e.